The monoisotopic (exact) mass is 279 g/mol. The third kappa shape index (κ3) is 2.88. The minimum atomic E-state index is -1.51. The smallest absolute Gasteiger partial charge is 0.332 e. The molecule has 0 saturated heterocycles. The van der Waals surface area contributed by atoms with Gasteiger partial charge in [0.25, 0.3) is 11.7 Å². The molecule has 0 unspecified atom stereocenters. The minimum Gasteiger partial charge on any atom is -0.479 e. The van der Waals surface area contributed by atoms with E-state index >= 15 is 0 Å². The number of rotatable bonds is 5. The highest BCUT2D eigenvalue weighted by Crippen LogP contribution is 2.01. The van der Waals surface area contributed by atoms with Crippen LogP contribution < -0.4 is 5.32 Å². The van der Waals surface area contributed by atoms with Gasteiger partial charge in [-0.05, 0) is 13.0 Å². The Kier molecular flexibility index (Phi) is 3.89. The number of aliphatic hydroxyl groups excluding tert-OH is 1. The molecule has 2 rings (SSSR count). The van der Waals surface area contributed by atoms with Gasteiger partial charge in [-0.2, -0.15) is 4.98 Å². The third-order valence-electron chi connectivity index (χ3n) is 2.62. The Morgan fingerprint density at radius 3 is 2.90 bits per heavy atom. The molecule has 2 aromatic rings. The lowest BCUT2D eigenvalue weighted by Crippen LogP contribution is -2.30. The molecule has 0 fully saturated rings. The summed E-state index contributed by atoms with van der Waals surface area (Å²) in [6, 6.07) is 1.73. The molecule has 0 radical (unpaired) electrons. The third-order valence-corrected chi connectivity index (χ3v) is 2.62. The number of amides is 1. The maximum absolute atomic E-state index is 11.8. The fourth-order valence-electron chi connectivity index (χ4n) is 1.53. The van der Waals surface area contributed by atoms with Crippen LogP contribution >= 0.6 is 0 Å². The molecule has 20 heavy (non-hydrogen) atoms. The van der Waals surface area contributed by atoms with Crippen molar-refractivity contribution in [3.8, 4) is 0 Å². The van der Waals surface area contributed by atoms with Crippen molar-refractivity contribution in [2.24, 2.45) is 0 Å². The molecule has 1 atom stereocenters. The van der Waals surface area contributed by atoms with Gasteiger partial charge in [-0.15, -0.1) is 5.10 Å². The molecule has 0 aliphatic carbocycles. The van der Waals surface area contributed by atoms with Crippen LogP contribution in [0.4, 0.5) is 0 Å². The van der Waals surface area contributed by atoms with Crippen LogP contribution in [0.25, 0.3) is 5.78 Å². The average Bonchev–Trinajstić information content (AvgIpc) is 2.84. The van der Waals surface area contributed by atoms with Gasteiger partial charge >= 0.3 is 5.97 Å². The second-order valence-electron chi connectivity index (χ2n) is 4.13. The molecule has 2 heterocycles. The summed E-state index contributed by atoms with van der Waals surface area (Å²) < 4.78 is 1.43. The molecule has 0 bridgehead atoms. The first-order valence-electron chi connectivity index (χ1n) is 5.86. The van der Waals surface area contributed by atoms with Crippen molar-refractivity contribution in [1.29, 1.82) is 0 Å². The van der Waals surface area contributed by atoms with Crippen molar-refractivity contribution < 1.29 is 19.8 Å². The first kappa shape index (κ1) is 13.9. The maximum Gasteiger partial charge on any atom is 0.332 e. The Hall–Kier alpha value is -2.55. The molecule has 0 aliphatic rings. The van der Waals surface area contributed by atoms with Crippen molar-refractivity contribution in [2.75, 3.05) is 6.54 Å². The van der Waals surface area contributed by atoms with E-state index in [1.54, 1.807) is 19.2 Å². The second-order valence-corrected chi connectivity index (χ2v) is 4.13. The summed E-state index contributed by atoms with van der Waals surface area (Å²) in [5, 5.41) is 24.0. The summed E-state index contributed by atoms with van der Waals surface area (Å²) >= 11 is 0. The maximum atomic E-state index is 11.8. The lowest BCUT2D eigenvalue weighted by atomic mass is 10.2. The molecule has 0 saturated carbocycles. The largest absolute Gasteiger partial charge is 0.479 e. The highest BCUT2D eigenvalue weighted by molar-refractivity contribution is 5.90. The summed E-state index contributed by atoms with van der Waals surface area (Å²) in [6.45, 7) is 1.81. The van der Waals surface area contributed by atoms with Crippen LogP contribution in [-0.4, -0.2) is 54.3 Å². The van der Waals surface area contributed by atoms with Gasteiger partial charge in [0.2, 0.25) is 5.82 Å². The number of carbonyl (C=O) groups excluding carboxylic acids is 1. The van der Waals surface area contributed by atoms with E-state index in [9.17, 15) is 9.59 Å². The van der Waals surface area contributed by atoms with Crippen molar-refractivity contribution in [2.45, 2.75) is 19.4 Å². The highest BCUT2D eigenvalue weighted by atomic mass is 16.4. The second kappa shape index (κ2) is 5.61. The van der Waals surface area contributed by atoms with Gasteiger partial charge in [0.05, 0.1) is 0 Å². The summed E-state index contributed by atoms with van der Waals surface area (Å²) in [4.78, 5) is 30.1. The van der Waals surface area contributed by atoms with Crippen molar-refractivity contribution in [1.82, 2.24) is 24.9 Å². The van der Waals surface area contributed by atoms with E-state index in [4.69, 9.17) is 10.2 Å². The first-order chi connectivity index (χ1) is 9.49. The minimum absolute atomic E-state index is 0.00820. The number of hydrogen-bond acceptors (Lipinski definition) is 6. The fourth-order valence-corrected chi connectivity index (χ4v) is 1.53. The SMILES string of the molecule is Cc1ccnc2nc(C(=O)NCC[C@H](O)C(=O)O)nn12. The van der Waals surface area contributed by atoms with Crippen LogP contribution in [0.2, 0.25) is 0 Å². The predicted molar refractivity (Wildman–Crippen MR) is 66.1 cm³/mol. The van der Waals surface area contributed by atoms with Gasteiger partial charge in [-0.1, -0.05) is 0 Å². The average molecular weight is 279 g/mol. The molecule has 3 N–H and O–H groups in total. The van der Waals surface area contributed by atoms with E-state index in [0.29, 0.717) is 5.78 Å². The Balaban J connectivity index is 2.01. The zero-order valence-electron chi connectivity index (χ0n) is 10.6. The summed E-state index contributed by atoms with van der Waals surface area (Å²) in [7, 11) is 0. The quantitative estimate of drug-likeness (QED) is 0.639. The number of nitrogens with zero attached hydrogens (tertiary/aromatic N) is 4. The Morgan fingerprint density at radius 1 is 1.50 bits per heavy atom. The molecule has 0 aliphatic heterocycles. The summed E-state index contributed by atoms with van der Waals surface area (Å²) in [5.41, 5.74) is 0.780. The number of aromatic nitrogens is 4. The van der Waals surface area contributed by atoms with E-state index in [1.165, 1.54) is 4.52 Å². The van der Waals surface area contributed by atoms with Gasteiger partial charge in [-0.25, -0.2) is 14.3 Å². The lowest BCUT2D eigenvalue weighted by Gasteiger charge is -2.05. The van der Waals surface area contributed by atoms with Gasteiger partial charge in [0.15, 0.2) is 6.10 Å². The molecule has 9 heteroatoms. The van der Waals surface area contributed by atoms with E-state index in [2.05, 4.69) is 20.4 Å². The number of hydrogen-bond donors (Lipinski definition) is 3. The normalized spacial score (nSPS) is 12.3. The van der Waals surface area contributed by atoms with Crippen LogP contribution in [0, 0.1) is 6.92 Å². The highest BCUT2D eigenvalue weighted by Gasteiger charge is 2.16. The molecule has 2 aromatic heterocycles. The van der Waals surface area contributed by atoms with Crippen LogP contribution in [0.5, 0.6) is 0 Å². The van der Waals surface area contributed by atoms with Crippen LogP contribution in [0.3, 0.4) is 0 Å². The molecule has 1 amide bonds. The lowest BCUT2D eigenvalue weighted by molar-refractivity contribution is -0.146. The van der Waals surface area contributed by atoms with Crippen LogP contribution in [-0.2, 0) is 4.79 Å². The van der Waals surface area contributed by atoms with Gasteiger partial charge in [0, 0.05) is 24.9 Å². The molecule has 0 spiro atoms. The van der Waals surface area contributed by atoms with Crippen molar-refractivity contribution in [3.05, 3.63) is 23.8 Å². The molecule has 106 valence electrons. The molecule has 9 nitrogen and oxygen atoms in total. The number of carboxylic acids is 1. The van der Waals surface area contributed by atoms with Gasteiger partial charge < -0.3 is 15.5 Å². The van der Waals surface area contributed by atoms with E-state index in [0.717, 1.165) is 5.69 Å². The zero-order chi connectivity index (χ0) is 14.7. The summed E-state index contributed by atoms with van der Waals surface area (Å²) in [5.74, 6) is -1.63. The zero-order valence-corrected chi connectivity index (χ0v) is 10.6. The van der Waals surface area contributed by atoms with E-state index < -0.39 is 18.0 Å². The van der Waals surface area contributed by atoms with Crippen LogP contribution in [0.15, 0.2) is 12.3 Å². The number of aryl methyl sites for hydroxylation is 1. The number of nitrogens with one attached hydrogen (secondary N) is 1. The number of carbonyl (C=O) groups is 2. The molecule has 0 aromatic carbocycles. The predicted octanol–water partition coefficient (Wildman–Crippen LogP) is -1.00. The number of aliphatic hydroxyl groups is 1. The first-order valence-corrected chi connectivity index (χ1v) is 5.86. The number of aliphatic carboxylic acids is 1. The number of carboxylic acid groups (broad SMARTS) is 1. The van der Waals surface area contributed by atoms with Gasteiger partial charge in [0.1, 0.15) is 0 Å². The Morgan fingerprint density at radius 2 is 2.25 bits per heavy atom. The fraction of sp³-hybridized carbons (Fsp3) is 0.364. The van der Waals surface area contributed by atoms with Crippen molar-refractivity contribution >= 4 is 17.7 Å². The van der Waals surface area contributed by atoms with E-state index in [1.807, 2.05) is 0 Å². The topological polar surface area (TPSA) is 130 Å². The molecular weight excluding hydrogens is 266 g/mol. The van der Waals surface area contributed by atoms with Gasteiger partial charge in [-0.3, -0.25) is 4.79 Å². The number of fused-ring (bicyclic) bond motifs is 1. The van der Waals surface area contributed by atoms with E-state index in [-0.39, 0.29) is 18.8 Å². The Labute approximate surface area is 113 Å². The van der Waals surface area contributed by atoms with Crippen molar-refractivity contribution in [3.63, 3.8) is 0 Å². The standard InChI is InChI=1S/C11H13N5O4/c1-6-2-4-13-11-14-8(15-16(6)11)9(18)12-5-3-7(17)10(19)20/h2,4,7,17H,3,5H2,1H3,(H,12,18)(H,19,20)/t7-/m0/s1. The molecular formula is C11H13N5O4. The summed E-state index contributed by atoms with van der Waals surface area (Å²) in [6.07, 6.45) is -0.0380. The van der Waals surface area contributed by atoms with Crippen LogP contribution in [0.1, 0.15) is 22.7 Å². The Bertz CT molecular complexity index is 653.